The number of nitro benzene ring substituents is 1. The van der Waals surface area contributed by atoms with Crippen molar-refractivity contribution in [2.24, 2.45) is 0 Å². The lowest BCUT2D eigenvalue weighted by molar-refractivity contribution is -0.385. The van der Waals surface area contributed by atoms with Gasteiger partial charge >= 0.3 is 0 Å². The SMILES string of the molecule is O=C(NO)c1cc(Oc2ccccn2)ccc1[N+](=O)[O-]. The van der Waals surface area contributed by atoms with E-state index in [9.17, 15) is 14.9 Å². The smallest absolute Gasteiger partial charge is 0.282 e. The number of nitrogens with one attached hydrogen (secondary N) is 1. The van der Waals surface area contributed by atoms with Gasteiger partial charge in [-0.25, -0.2) is 10.5 Å². The number of hydrogen-bond donors (Lipinski definition) is 2. The standard InChI is InChI=1S/C12H9N3O5/c16-12(14-17)9-7-8(4-5-10(9)15(18)19)20-11-3-1-2-6-13-11/h1-7,17H,(H,14,16). The Morgan fingerprint density at radius 1 is 1.35 bits per heavy atom. The highest BCUT2D eigenvalue weighted by Gasteiger charge is 2.21. The molecule has 0 atom stereocenters. The van der Waals surface area contributed by atoms with Gasteiger partial charge in [0, 0.05) is 24.4 Å². The van der Waals surface area contributed by atoms with Crippen LogP contribution in [0.25, 0.3) is 0 Å². The van der Waals surface area contributed by atoms with Crippen LogP contribution in [0.4, 0.5) is 5.69 Å². The molecule has 8 heteroatoms. The molecule has 1 heterocycles. The zero-order chi connectivity index (χ0) is 14.5. The van der Waals surface area contributed by atoms with E-state index in [2.05, 4.69) is 4.98 Å². The highest BCUT2D eigenvalue weighted by molar-refractivity contribution is 5.97. The maximum atomic E-state index is 11.4. The van der Waals surface area contributed by atoms with Crippen molar-refractivity contribution in [3.05, 3.63) is 58.3 Å². The lowest BCUT2D eigenvalue weighted by Crippen LogP contribution is -2.19. The number of rotatable bonds is 4. The van der Waals surface area contributed by atoms with Gasteiger partial charge in [-0.1, -0.05) is 6.07 Å². The summed E-state index contributed by atoms with van der Waals surface area (Å²) in [5.74, 6) is -0.534. The average molecular weight is 275 g/mol. The first-order valence-corrected chi connectivity index (χ1v) is 5.43. The van der Waals surface area contributed by atoms with E-state index < -0.39 is 16.5 Å². The van der Waals surface area contributed by atoms with E-state index in [4.69, 9.17) is 9.94 Å². The van der Waals surface area contributed by atoms with Gasteiger partial charge in [0.25, 0.3) is 11.6 Å². The average Bonchev–Trinajstić information content (AvgIpc) is 2.47. The molecule has 20 heavy (non-hydrogen) atoms. The zero-order valence-corrected chi connectivity index (χ0v) is 10.0. The number of aromatic nitrogens is 1. The number of hydrogen-bond acceptors (Lipinski definition) is 6. The van der Waals surface area contributed by atoms with Crippen LogP contribution in [0.5, 0.6) is 11.6 Å². The Morgan fingerprint density at radius 2 is 2.15 bits per heavy atom. The summed E-state index contributed by atoms with van der Waals surface area (Å²) in [4.78, 5) is 25.4. The van der Waals surface area contributed by atoms with Gasteiger partial charge in [0.15, 0.2) is 0 Å². The number of carbonyl (C=O) groups excluding carboxylic acids is 1. The second kappa shape index (κ2) is 5.76. The minimum Gasteiger partial charge on any atom is -0.439 e. The number of nitrogens with zero attached hydrogens (tertiary/aromatic N) is 2. The lowest BCUT2D eigenvalue weighted by Gasteiger charge is -2.06. The molecule has 102 valence electrons. The molecule has 0 saturated carbocycles. The van der Waals surface area contributed by atoms with Crippen LogP contribution in [0.3, 0.4) is 0 Å². The first-order valence-electron chi connectivity index (χ1n) is 5.43. The monoisotopic (exact) mass is 275 g/mol. The van der Waals surface area contributed by atoms with E-state index in [0.29, 0.717) is 0 Å². The van der Waals surface area contributed by atoms with Gasteiger partial charge < -0.3 is 4.74 Å². The molecule has 0 bridgehead atoms. The Morgan fingerprint density at radius 3 is 2.75 bits per heavy atom. The third-order valence-corrected chi connectivity index (χ3v) is 2.37. The molecule has 0 radical (unpaired) electrons. The molecular weight excluding hydrogens is 266 g/mol. The summed E-state index contributed by atoms with van der Waals surface area (Å²) >= 11 is 0. The van der Waals surface area contributed by atoms with E-state index in [-0.39, 0.29) is 17.2 Å². The molecule has 0 unspecified atom stereocenters. The van der Waals surface area contributed by atoms with Crippen LogP contribution in [0.1, 0.15) is 10.4 Å². The van der Waals surface area contributed by atoms with Crippen molar-refractivity contribution in [1.29, 1.82) is 0 Å². The minimum absolute atomic E-state index is 0.188. The highest BCUT2D eigenvalue weighted by Crippen LogP contribution is 2.26. The molecule has 0 aliphatic heterocycles. The van der Waals surface area contributed by atoms with E-state index in [1.807, 2.05) is 0 Å². The molecule has 0 aliphatic rings. The van der Waals surface area contributed by atoms with Crippen LogP contribution >= 0.6 is 0 Å². The van der Waals surface area contributed by atoms with Crippen LogP contribution in [0.2, 0.25) is 0 Å². The Balaban J connectivity index is 2.37. The van der Waals surface area contributed by atoms with E-state index in [0.717, 1.165) is 12.1 Å². The second-order valence-corrected chi connectivity index (χ2v) is 3.65. The summed E-state index contributed by atoms with van der Waals surface area (Å²) < 4.78 is 5.35. The Labute approximate surface area is 112 Å². The molecular formula is C12H9N3O5. The van der Waals surface area contributed by atoms with Gasteiger partial charge in [-0.05, 0) is 12.1 Å². The maximum absolute atomic E-state index is 11.4. The minimum atomic E-state index is -0.997. The fraction of sp³-hybridized carbons (Fsp3) is 0. The van der Waals surface area contributed by atoms with Crippen LogP contribution in [0, 0.1) is 10.1 Å². The molecule has 2 rings (SSSR count). The van der Waals surface area contributed by atoms with Crippen LogP contribution < -0.4 is 10.2 Å². The topological polar surface area (TPSA) is 115 Å². The van der Waals surface area contributed by atoms with Gasteiger partial charge in [0.1, 0.15) is 11.3 Å². The molecule has 2 aromatic rings. The summed E-state index contributed by atoms with van der Waals surface area (Å²) in [6.45, 7) is 0. The fourth-order valence-electron chi connectivity index (χ4n) is 1.51. The Hall–Kier alpha value is -3.00. The van der Waals surface area contributed by atoms with Crippen molar-refractivity contribution in [2.75, 3.05) is 0 Å². The predicted octanol–water partition coefficient (Wildman–Crippen LogP) is 1.90. The van der Waals surface area contributed by atoms with Crippen molar-refractivity contribution in [3.8, 4) is 11.6 Å². The van der Waals surface area contributed by atoms with Gasteiger partial charge in [0.2, 0.25) is 5.88 Å². The summed E-state index contributed by atoms with van der Waals surface area (Å²) in [7, 11) is 0. The summed E-state index contributed by atoms with van der Waals surface area (Å²) in [5.41, 5.74) is 0.599. The largest absolute Gasteiger partial charge is 0.439 e. The number of hydroxylamine groups is 1. The normalized spacial score (nSPS) is 9.85. The van der Waals surface area contributed by atoms with Crippen molar-refractivity contribution >= 4 is 11.6 Å². The van der Waals surface area contributed by atoms with Gasteiger partial charge in [0.05, 0.1) is 4.92 Å². The molecule has 0 spiro atoms. The maximum Gasteiger partial charge on any atom is 0.282 e. The number of carbonyl (C=O) groups is 1. The number of pyridine rings is 1. The second-order valence-electron chi connectivity index (χ2n) is 3.65. The number of nitro groups is 1. The van der Waals surface area contributed by atoms with Crippen LogP contribution in [-0.4, -0.2) is 21.0 Å². The van der Waals surface area contributed by atoms with Gasteiger partial charge in [-0.15, -0.1) is 0 Å². The Kier molecular flexibility index (Phi) is 3.87. The third kappa shape index (κ3) is 2.87. The van der Waals surface area contributed by atoms with Gasteiger partial charge in [-0.2, -0.15) is 0 Å². The molecule has 0 aliphatic carbocycles. The number of amides is 1. The lowest BCUT2D eigenvalue weighted by atomic mass is 10.1. The molecule has 1 aromatic carbocycles. The summed E-state index contributed by atoms with van der Waals surface area (Å²) in [6.07, 6.45) is 1.52. The molecule has 8 nitrogen and oxygen atoms in total. The van der Waals surface area contributed by atoms with E-state index in [1.54, 1.807) is 18.2 Å². The quantitative estimate of drug-likeness (QED) is 0.500. The van der Waals surface area contributed by atoms with Crippen molar-refractivity contribution in [1.82, 2.24) is 10.5 Å². The van der Waals surface area contributed by atoms with Crippen molar-refractivity contribution < 1.29 is 19.7 Å². The number of benzene rings is 1. The van der Waals surface area contributed by atoms with Crippen LogP contribution in [0.15, 0.2) is 42.6 Å². The van der Waals surface area contributed by atoms with E-state index in [1.165, 1.54) is 17.7 Å². The van der Waals surface area contributed by atoms with Crippen molar-refractivity contribution in [3.63, 3.8) is 0 Å². The first-order chi connectivity index (χ1) is 9.61. The van der Waals surface area contributed by atoms with Crippen LogP contribution in [-0.2, 0) is 0 Å². The van der Waals surface area contributed by atoms with E-state index >= 15 is 0 Å². The fourth-order valence-corrected chi connectivity index (χ4v) is 1.51. The summed E-state index contributed by atoms with van der Waals surface area (Å²) in [5, 5.41) is 19.4. The third-order valence-electron chi connectivity index (χ3n) is 2.37. The number of ether oxygens (including phenoxy) is 1. The molecule has 1 amide bonds. The predicted molar refractivity (Wildman–Crippen MR) is 66.7 cm³/mol. The Bertz CT molecular complexity index is 645. The first kappa shape index (κ1) is 13.4. The molecule has 1 aromatic heterocycles. The highest BCUT2D eigenvalue weighted by atomic mass is 16.6. The zero-order valence-electron chi connectivity index (χ0n) is 10.0. The van der Waals surface area contributed by atoms with Crippen molar-refractivity contribution in [2.45, 2.75) is 0 Å². The molecule has 2 N–H and O–H groups in total. The molecule has 0 saturated heterocycles. The summed E-state index contributed by atoms with van der Waals surface area (Å²) in [6, 6.07) is 8.60. The van der Waals surface area contributed by atoms with Gasteiger partial charge in [-0.3, -0.25) is 20.1 Å². The molecule has 0 fully saturated rings.